The van der Waals surface area contributed by atoms with Crippen molar-refractivity contribution in [3.8, 4) is 0 Å². The lowest BCUT2D eigenvalue weighted by Crippen LogP contribution is -2.36. The summed E-state index contributed by atoms with van der Waals surface area (Å²) in [4.78, 5) is 0. The third kappa shape index (κ3) is 1.94. The predicted octanol–water partition coefficient (Wildman–Crippen LogP) is 0.522. The van der Waals surface area contributed by atoms with Crippen LogP contribution in [0.3, 0.4) is 0 Å². The first kappa shape index (κ1) is 7.98. The molecule has 0 aliphatic carbocycles. The number of ether oxygens (including phenoxy) is 2. The summed E-state index contributed by atoms with van der Waals surface area (Å²) in [6, 6.07) is 0. The highest BCUT2D eigenvalue weighted by Crippen LogP contribution is 2.22. The molecule has 1 N–H and O–H groups in total. The van der Waals surface area contributed by atoms with Crippen molar-refractivity contribution >= 4 is 0 Å². The van der Waals surface area contributed by atoms with Gasteiger partial charge in [-0.15, -0.1) is 0 Å². The molecule has 1 rings (SSSR count). The Kier molecular flexibility index (Phi) is 2.65. The molecule has 1 aliphatic rings. The highest BCUT2D eigenvalue weighted by molar-refractivity contribution is 4.75. The third-order valence-corrected chi connectivity index (χ3v) is 1.91. The standard InChI is InChI=1S/C7H14O3/c1-7(2-4-8)3-5-9-6-10-7/h8H,2-6H2,1H3/t7-/m1/s1. The maximum absolute atomic E-state index is 8.66. The lowest BCUT2D eigenvalue weighted by molar-refractivity contribution is -0.190. The fourth-order valence-corrected chi connectivity index (χ4v) is 1.04. The molecular weight excluding hydrogens is 132 g/mol. The summed E-state index contributed by atoms with van der Waals surface area (Å²) in [5, 5.41) is 8.66. The van der Waals surface area contributed by atoms with Crippen LogP contribution in [0, 0.1) is 0 Å². The number of aliphatic hydroxyl groups is 1. The molecule has 0 unspecified atom stereocenters. The minimum atomic E-state index is -0.146. The monoisotopic (exact) mass is 146 g/mol. The average molecular weight is 146 g/mol. The lowest BCUT2D eigenvalue weighted by Gasteiger charge is -2.32. The van der Waals surface area contributed by atoms with Gasteiger partial charge >= 0.3 is 0 Å². The first-order chi connectivity index (χ1) is 4.77. The zero-order valence-electron chi connectivity index (χ0n) is 6.30. The molecule has 1 heterocycles. The Hall–Kier alpha value is -0.120. The Morgan fingerprint density at radius 2 is 2.40 bits per heavy atom. The molecule has 0 spiro atoms. The zero-order valence-corrected chi connectivity index (χ0v) is 6.30. The van der Waals surface area contributed by atoms with Crippen LogP contribution in [0.5, 0.6) is 0 Å². The van der Waals surface area contributed by atoms with E-state index in [0.717, 1.165) is 13.0 Å². The highest BCUT2D eigenvalue weighted by Gasteiger charge is 2.27. The number of aliphatic hydroxyl groups excluding tert-OH is 1. The van der Waals surface area contributed by atoms with Gasteiger partial charge in [0.2, 0.25) is 0 Å². The first-order valence-corrected chi connectivity index (χ1v) is 3.59. The van der Waals surface area contributed by atoms with Crippen molar-refractivity contribution in [2.24, 2.45) is 0 Å². The molecule has 0 saturated carbocycles. The van der Waals surface area contributed by atoms with E-state index in [1.54, 1.807) is 0 Å². The van der Waals surface area contributed by atoms with Crippen molar-refractivity contribution in [1.82, 2.24) is 0 Å². The summed E-state index contributed by atoms with van der Waals surface area (Å²) in [5.41, 5.74) is -0.146. The molecule has 1 saturated heterocycles. The topological polar surface area (TPSA) is 38.7 Å². The smallest absolute Gasteiger partial charge is 0.147 e. The van der Waals surface area contributed by atoms with Gasteiger partial charge in [0.05, 0.1) is 12.2 Å². The van der Waals surface area contributed by atoms with Gasteiger partial charge in [-0.1, -0.05) is 0 Å². The van der Waals surface area contributed by atoms with Crippen molar-refractivity contribution in [2.75, 3.05) is 20.0 Å². The van der Waals surface area contributed by atoms with Crippen molar-refractivity contribution in [3.05, 3.63) is 0 Å². The van der Waals surface area contributed by atoms with Crippen molar-refractivity contribution in [3.63, 3.8) is 0 Å². The Balaban J connectivity index is 2.32. The fraction of sp³-hybridized carbons (Fsp3) is 1.00. The van der Waals surface area contributed by atoms with Crippen LogP contribution in [-0.2, 0) is 9.47 Å². The molecule has 0 aromatic rings. The van der Waals surface area contributed by atoms with E-state index < -0.39 is 0 Å². The van der Waals surface area contributed by atoms with Crippen molar-refractivity contribution in [2.45, 2.75) is 25.4 Å². The van der Waals surface area contributed by atoms with E-state index in [-0.39, 0.29) is 12.2 Å². The summed E-state index contributed by atoms with van der Waals surface area (Å²) < 4.78 is 10.3. The minimum Gasteiger partial charge on any atom is -0.396 e. The van der Waals surface area contributed by atoms with Crippen LogP contribution in [0.15, 0.2) is 0 Å². The Bertz CT molecular complexity index is 91.5. The summed E-state index contributed by atoms with van der Waals surface area (Å²) in [6.45, 7) is 3.31. The quantitative estimate of drug-likeness (QED) is 0.617. The van der Waals surface area contributed by atoms with Gasteiger partial charge in [0.1, 0.15) is 6.79 Å². The van der Waals surface area contributed by atoms with E-state index in [9.17, 15) is 0 Å². The van der Waals surface area contributed by atoms with Crippen LogP contribution in [0.25, 0.3) is 0 Å². The van der Waals surface area contributed by atoms with Crippen molar-refractivity contribution in [1.29, 1.82) is 0 Å². The van der Waals surface area contributed by atoms with E-state index in [0.29, 0.717) is 13.2 Å². The molecule has 1 aliphatic heterocycles. The van der Waals surface area contributed by atoms with Gasteiger partial charge < -0.3 is 14.6 Å². The van der Waals surface area contributed by atoms with Gasteiger partial charge in [0.25, 0.3) is 0 Å². The van der Waals surface area contributed by atoms with Crippen LogP contribution in [0.2, 0.25) is 0 Å². The number of hydrogen-bond acceptors (Lipinski definition) is 3. The largest absolute Gasteiger partial charge is 0.396 e. The van der Waals surface area contributed by atoms with E-state index in [4.69, 9.17) is 14.6 Å². The Morgan fingerprint density at radius 1 is 1.60 bits per heavy atom. The fourth-order valence-electron chi connectivity index (χ4n) is 1.04. The van der Waals surface area contributed by atoms with E-state index in [1.165, 1.54) is 0 Å². The Morgan fingerprint density at radius 3 is 2.90 bits per heavy atom. The van der Waals surface area contributed by atoms with Gasteiger partial charge in [0.15, 0.2) is 0 Å². The molecule has 0 bridgehead atoms. The van der Waals surface area contributed by atoms with Crippen LogP contribution < -0.4 is 0 Å². The zero-order chi connectivity index (χ0) is 7.45. The maximum Gasteiger partial charge on any atom is 0.147 e. The van der Waals surface area contributed by atoms with E-state index in [1.807, 2.05) is 6.92 Å². The number of hydrogen-bond donors (Lipinski definition) is 1. The van der Waals surface area contributed by atoms with E-state index >= 15 is 0 Å². The summed E-state index contributed by atoms with van der Waals surface area (Å²) in [6.07, 6.45) is 1.59. The normalized spacial score (nSPS) is 34.2. The van der Waals surface area contributed by atoms with Crippen LogP contribution in [-0.4, -0.2) is 30.7 Å². The number of rotatable bonds is 2. The summed E-state index contributed by atoms with van der Waals surface area (Å²) in [7, 11) is 0. The molecule has 0 aromatic carbocycles. The second kappa shape index (κ2) is 3.32. The second-order valence-electron chi connectivity index (χ2n) is 2.84. The molecule has 60 valence electrons. The molecule has 3 nitrogen and oxygen atoms in total. The molecule has 0 amide bonds. The molecule has 1 atom stereocenters. The van der Waals surface area contributed by atoms with Gasteiger partial charge in [-0.25, -0.2) is 0 Å². The minimum absolute atomic E-state index is 0.146. The van der Waals surface area contributed by atoms with Gasteiger partial charge in [-0.2, -0.15) is 0 Å². The average Bonchev–Trinajstić information content (AvgIpc) is 1.89. The molecule has 1 fully saturated rings. The molecule has 0 aromatic heterocycles. The summed E-state index contributed by atoms with van der Waals surface area (Å²) in [5.74, 6) is 0. The van der Waals surface area contributed by atoms with Crippen LogP contribution in [0.4, 0.5) is 0 Å². The van der Waals surface area contributed by atoms with Crippen molar-refractivity contribution < 1.29 is 14.6 Å². The Labute approximate surface area is 60.9 Å². The highest BCUT2D eigenvalue weighted by atomic mass is 16.7. The van der Waals surface area contributed by atoms with Gasteiger partial charge in [-0.05, 0) is 19.8 Å². The molecule has 10 heavy (non-hydrogen) atoms. The molecular formula is C7H14O3. The van der Waals surface area contributed by atoms with Crippen LogP contribution >= 0.6 is 0 Å². The maximum atomic E-state index is 8.66. The SMILES string of the molecule is C[C@@]1(CCO)CCOCO1. The van der Waals surface area contributed by atoms with Gasteiger partial charge in [0, 0.05) is 6.61 Å². The lowest BCUT2D eigenvalue weighted by atomic mass is 9.98. The van der Waals surface area contributed by atoms with E-state index in [2.05, 4.69) is 0 Å². The summed E-state index contributed by atoms with van der Waals surface area (Å²) >= 11 is 0. The molecule has 0 radical (unpaired) electrons. The predicted molar refractivity (Wildman–Crippen MR) is 36.6 cm³/mol. The second-order valence-corrected chi connectivity index (χ2v) is 2.84. The molecule has 3 heteroatoms. The van der Waals surface area contributed by atoms with Gasteiger partial charge in [-0.3, -0.25) is 0 Å². The first-order valence-electron chi connectivity index (χ1n) is 3.59. The van der Waals surface area contributed by atoms with Crippen LogP contribution in [0.1, 0.15) is 19.8 Å². The third-order valence-electron chi connectivity index (χ3n) is 1.91.